The third-order valence-corrected chi connectivity index (χ3v) is 3.91. The van der Waals surface area contributed by atoms with Crippen molar-refractivity contribution in [2.24, 2.45) is 5.73 Å². The van der Waals surface area contributed by atoms with E-state index in [1.165, 1.54) is 0 Å². The van der Waals surface area contributed by atoms with Crippen molar-refractivity contribution < 1.29 is 4.79 Å². The fraction of sp³-hybridized carbons (Fsp3) is 0.286. The molecule has 21 heavy (non-hydrogen) atoms. The number of nitrogens with one attached hydrogen (secondary N) is 1. The molecule has 0 saturated heterocycles. The summed E-state index contributed by atoms with van der Waals surface area (Å²) in [6.45, 7) is 4.38. The topological polar surface area (TPSA) is 80.9 Å². The monoisotopic (exact) mass is 320 g/mol. The van der Waals surface area contributed by atoms with Crippen LogP contribution in [0.5, 0.6) is 0 Å². The standard InChI is InChI=1S/C14H16N4OS2/c1-8(2)11-12(21-18-17-11)14(19)16-7-9-4-3-5-10(6-9)13(15)20/h3-6,8H,7H2,1-2H3,(H2,15,20)(H,16,19). The van der Waals surface area contributed by atoms with Crippen LogP contribution in [0.25, 0.3) is 0 Å². The van der Waals surface area contributed by atoms with Crippen molar-refractivity contribution in [3.8, 4) is 0 Å². The van der Waals surface area contributed by atoms with Gasteiger partial charge in [-0.3, -0.25) is 4.79 Å². The predicted molar refractivity (Wildman–Crippen MR) is 87.5 cm³/mol. The SMILES string of the molecule is CC(C)c1nnsc1C(=O)NCc1cccc(C(N)=S)c1. The number of nitrogens with zero attached hydrogens (tertiary/aromatic N) is 2. The summed E-state index contributed by atoms with van der Waals surface area (Å²) in [7, 11) is 0. The number of carbonyl (C=O) groups is 1. The molecule has 0 spiro atoms. The minimum atomic E-state index is -0.158. The Hall–Kier alpha value is -1.86. The van der Waals surface area contributed by atoms with E-state index in [0.29, 0.717) is 16.4 Å². The maximum Gasteiger partial charge on any atom is 0.265 e. The Labute approximate surface area is 132 Å². The van der Waals surface area contributed by atoms with E-state index in [9.17, 15) is 4.79 Å². The van der Waals surface area contributed by atoms with E-state index in [2.05, 4.69) is 14.9 Å². The lowest BCUT2D eigenvalue weighted by Crippen LogP contribution is -2.23. The third-order valence-electron chi connectivity index (χ3n) is 2.93. The molecular formula is C14H16N4OS2. The molecule has 5 nitrogen and oxygen atoms in total. The van der Waals surface area contributed by atoms with Gasteiger partial charge in [0, 0.05) is 12.1 Å². The fourth-order valence-electron chi connectivity index (χ4n) is 1.83. The Morgan fingerprint density at radius 3 is 2.90 bits per heavy atom. The quantitative estimate of drug-likeness (QED) is 0.826. The smallest absolute Gasteiger partial charge is 0.265 e. The van der Waals surface area contributed by atoms with Crippen LogP contribution in [-0.2, 0) is 6.54 Å². The van der Waals surface area contributed by atoms with E-state index in [-0.39, 0.29) is 11.8 Å². The molecule has 110 valence electrons. The number of hydrogen-bond acceptors (Lipinski definition) is 5. The van der Waals surface area contributed by atoms with E-state index >= 15 is 0 Å². The van der Waals surface area contributed by atoms with E-state index in [1.807, 2.05) is 38.1 Å². The largest absolute Gasteiger partial charge is 0.389 e. The second-order valence-electron chi connectivity index (χ2n) is 4.89. The first kappa shape index (κ1) is 15.5. The highest BCUT2D eigenvalue weighted by Crippen LogP contribution is 2.19. The minimum Gasteiger partial charge on any atom is -0.389 e. The summed E-state index contributed by atoms with van der Waals surface area (Å²) >= 11 is 6.06. The number of carbonyl (C=O) groups excluding carboxylic acids is 1. The van der Waals surface area contributed by atoms with E-state index in [1.54, 1.807) is 0 Å². The van der Waals surface area contributed by atoms with Crippen molar-refractivity contribution in [1.29, 1.82) is 0 Å². The predicted octanol–water partition coefficient (Wildman–Crippen LogP) is 2.23. The van der Waals surface area contributed by atoms with Crippen LogP contribution >= 0.6 is 23.8 Å². The van der Waals surface area contributed by atoms with Gasteiger partial charge in [0.1, 0.15) is 9.87 Å². The van der Waals surface area contributed by atoms with Crippen LogP contribution in [-0.4, -0.2) is 20.5 Å². The second-order valence-corrected chi connectivity index (χ2v) is 6.08. The van der Waals surface area contributed by atoms with Crippen LogP contribution in [0.1, 0.15) is 46.3 Å². The number of benzene rings is 1. The molecule has 0 aliphatic rings. The zero-order valence-corrected chi connectivity index (χ0v) is 13.4. The first-order valence-electron chi connectivity index (χ1n) is 6.48. The normalized spacial score (nSPS) is 10.6. The summed E-state index contributed by atoms with van der Waals surface area (Å²) in [5.74, 6) is 0.0110. The molecule has 1 heterocycles. The van der Waals surface area contributed by atoms with Gasteiger partial charge in [-0.1, -0.05) is 48.8 Å². The number of nitrogens with two attached hydrogens (primary N) is 1. The molecule has 0 unspecified atom stereocenters. The van der Waals surface area contributed by atoms with Crippen LogP contribution in [0.3, 0.4) is 0 Å². The fourth-order valence-corrected chi connectivity index (χ4v) is 2.69. The average Bonchev–Trinajstić information content (AvgIpc) is 2.94. The summed E-state index contributed by atoms with van der Waals surface area (Å²) < 4.78 is 3.85. The molecular weight excluding hydrogens is 304 g/mol. The number of amides is 1. The van der Waals surface area contributed by atoms with E-state index in [4.69, 9.17) is 18.0 Å². The number of hydrogen-bond donors (Lipinski definition) is 2. The first-order chi connectivity index (χ1) is 9.99. The highest BCUT2D eigenvalue weighted by molar-refractivity contribution is 7.80. The third kappa shape index (κ3) is 3.83. The van der Waals surface area contributed by atoms with Gasteiger partial charge in [0.2, 0.25) is 0 Å². The van der Waals surface area contributed by atoms with Gasteiger partial charge in [-0.05, 0) is 29.1 Å². The summed E-state index contributed by atoms with van der Waals surface area (Å²) in [5, 5.41) is 6.87. The van der Waals surface area contributed by atoms with Crippen molar-refractivity contribution in [2.75, 3.05) is 0 Å². The zero-order valence-electron chi connectivity index (χ0n) is 11.8. The van der Waals surface area contributed by atoms with Gasteiger partial charge in [0.25, 0.3) is 5.91 Å². The summed E-state index contributed by atoms with van der Waals surface area (Å²) in [6.07, 6.45) is 0. The van der Waals surface area contributed by atoms with Gasteiger partial charge in [0.05, 0.1) is 5.69 Å². The molecule has 0 bridgehead atoms. The van der Waals surface area contributed by atoms with Crippen LogP contribution in [0.2, 0.25) is 0 Å². The van der Waals surface area contributed by atoms with Crippen LogP contribution in [0.4, 0.5) is 0 Å². The molecule has 0 fully saturated rings. The Morgan fingerprint density at radius 1 is 1.48 bits per heavy atom. The number of aromatic nitrogens is 2. The Balaban J connectivity index is 2.06. The Morgan fingerprint density at radius 2 is 2.24 bits per heavy atom. The molecule has 0 aliphatic heterocycles. The molecule has 0 aliphatic carbocycles. The van der Waals surface area contributed by atoms with Gasteiger partial charge in [-0.15, -0.1) is 5.10 Å². The van der Waals surface area contributed by atoms with Crippen molar-refractivity contribution in [1.82, 2.24) is 14.9 Å². The molecule has 1 aromatic carbocycles. The summed E-state index contributed by atoms with van der Waals surface area (Å²) in [6, 6.07) is 7.49. The van der Waals surface area contributed by atoms with Crippen molar-refractivity contribution in [2.45, 2.75) is 26.3 Å². The van der Waals surface area contributed by atoms with Crippen molar-refractivity contribution >= 4 is 34.6 Å². The van der Waals surface area contributed by atoms with Gasteiger partial charge in [-0.2, -0.15) is 0 Å². The van der Waals surface area contributed by atoms with Crippen LogP contribution < -0.4 is 11.1 Å². The molecule has 0 atom stereocenters. The lowest BCUT2D eigenvalue weighted by Gasteiger charge is -2.07. The highest BCUT2D eigenvalue weighted by atomic mass is 32.1. The Kier molecular flexibility index (Phi) is 4.98. The molecule has 2 rings (SSSR count). The maximum absolute atomic E-state index is 12.2. The number of thiocarbonyl (C=S) groups is 1. The molecule has 7 heteroatoms. The summed E-state index contributed by atoms with van der Waals surface area (Å²) in [4.78, 5) is 13.1. The first-order valence-corrected chi connectivity index (χ1v) is 7.66. The van der Waals surface area contributed by atoms with E-state index in [0.717, 1.165) is 28.4 Å². The molecule has 3 N–H and O–H groups in total. The van der Waals surface area contributed by atoms with E-state index < -0.39 is 0 Å². The molecule has 0 radical (unpaired) electrons. The highest BCUT2D eigenvalue weighted by Gasteiger charge is 2.18. The Bertz CT molecular complexity index is 666. The molecule has 0 saturated carbocycles. The maximum atomic E-state index is 12.2. The van der Waals surface area contributed by atoms with Crippen molar-refractivity contribution in [3.05, 3.63) is 46.0 Å². The molecule has 2 aromatic rings. The van der Waals surface area contributed by atoms with Gasteiger partial charge in [0.15, 0.2) is 0 Å². The van der Waals surface area contributed by atoms with Gasteiger partial charge in [-0.25, -0.2) is 0 Å². The number of rotatable bonds is 5. The molecule has 1 amide bonds. The van der Waals surface area contributed by atoms with Crippen LogP contribution in [0.15, 0.2) is 24.3 Å². The van der Waals surface area contributed by atoms with Gasteiger partial charge < -0.3 is 11.1 Å². The van der Waals surface area contributed by atoms with Gasteiger partial charge >= 0.3 is 0 Å². The zero-order chi connectivity index (χ0) is 15.4. The second kappa shape index (κ2) is 6.73. The summed E-state index contributed by atoms with van der Waals surface area (Å²) in [5.41, 5.74) is 8.06. The average molecular weight is 320 g/mol. The lowest BCUT2D eigenvalue weighted by molar-refractivity contribution is 0.0953. The van der Waals surface area contributed by atoms with Crippen LogP contribution in [0, 0.1) is 0 Å². The lowest BCUT2D eigenvalue weighted by atomic mass is 10.1. The van der Waals surface area contributed by atoms with Crippen molar-refractivity contribution in [3.63, 3.8) is 0 Å². The minimum absolute atomic E-state index is 0.158. The molecule has 1 aromatic heterocycles.